The number of nitrogens with one attached hydrogen (secondary N) is 1. The molecule has 2 aromatic rings. The van der Waals surface area contributed by atoms with E-state index in [-0.39, 0.29) is 41.6 Å². The molecule has 0 aliphatic carbocycles. The molecule has 3 amide bonds. The summed E-state index contributed by atoms with van der Waals surface area (Å²) in [6, 6.07) is 3.97. The largest absolute Gasteiger partial charge is 0.416 e. The van der Waals surface area contributed by atoms with Gasteiger partial charge in [0.15, 0.2) is 0 Å². The van der Waals surface area contributed by atoms with Crippen LogP contribution in [0.1, 0.15) is 29.8 Å². The van der Waals surface area contributed by atoms with Crippen LogP contribution in [0.25, 0.3) is 0 Å². The second kappa shape index (κ2) is 7.57. The summed E-state index contributed by atoms with van der Waals surface area (Å²) in [4.78, 5) is 35.3. The van der Waals surface area contributed by atoms with E-state index in [9.17, 15) is 22.8 Å². The number of halogens is 3. The van der Waals surface area contributed by atoms with Gasteiger partial charge in [-0.2, -0.15) is 18.2 Å². The van der Waals surface area contributed by atoms with Gasteiger partial charge in [-0.25, -0.2) is 9.78 Å². The smallest absolute Gasteiger partial charge is 0.383 e. The zero-order valence-corrected chi connectivity index (χ0v) is 15.7. The van der Waals surface area contributed by atoms with Crippen LogP contribution in [-0.2, 0) is 6.18 Å². The highest BCUT2D eigenvalue weighted by Gasteiger charge is 2.32. The van der Waals surface area contributed by atoms with Gasteiger partial charge in [0.05, 0.1) is 12.1 Å². The number of carbonyl (C=O) groups excluding carboxylic acids is 2. The van der Waals surface area contributed by atoms with Crippen LogP contribution < -0.4 is 20.9 Å². The lowest BCUT2D eigenvalue weighted by molar-refractivity contribution is -0.137. The summed E-state index contributed by atoms with van der Waals surface area (Å²) in [5.74, 6) is -0.768. The molecule has 0 bridgehead atoms. The van der Waals surface area contributed by atoms with Gasteiger partial charge in [0, 0.05) is 24.5 Å². The number of nitrogens with two attached hydrogens (primary N) is 1. The van der Waals surface area contributed by atoms with Crippen LogP contribution in [0.3, 0.4) is 0 Å². The molecule has 154 valence electrons. The first-order valence-corrected chi connectivity index (χ1v) is 8.81. The number of hydrogen-bond donors (Lipinski definition) is 2. The Labute approximate surface area is 164 Å². The number of alkyl halides is 3. The highest BCUT2D eigenvalue weighted by molar-refractivity contribution is 6.08. The van der Waals surface area contributed by atoms with Crippen molar-refractivity contribution in [2.75, 3.05) is 28.6 Å². The zero-order valence-electron chi connectivity index (χ0n) is 15.7. The van der Waals surface area contributed by atoms with Crippen molar-refractivity contribution in [2.45, 2.75) is 26.1 Å². The predicted octanol–water partition coefficient (Wildman–Crippen LogP) is 2.66. The lowest BCUT2D eigenvalue weighted by Gasteiger charge is -2.23. The predicted molar refractivity (Wildman–Crippen MR) is 101 cm³/mol. The lowest BCUT2D eigenvalue weighted by atomic mass is 10.1. The minimum Gasteiger partial charge on any atom is -0.383 e. The minimum atomic E-state index is -4.53. The molecule has 2 heterocycles. The van der Waals surface area contributed by atoms with Crippen molar-refractivity contribution in [2.24, 2.45) is 0 Å². The van der Waals surface area contributed by atoms with E-state index in [1.54, 1.807) is 6.92 Å². The van der Waals surface area contributed by atoms with Crippen molar-refractivity contribution in [3.63, 3.8) is 0 Å². The molecule has 1 atom stereocenters. The molecule has 0 saturated carbocycles. The van der Waals surface area contributed by atoms with E-state index in [2.05, 4.69) is 15.3 Å². The molecule has 8 nitrogen and oxygen atoms in total. The average Bonchev–Trinajstić information content (AvgIpc) is 3.00. The Hall–Kier alpha value is -3.37. The maximum atomic E-state index is 13.0. The van der Waals surface area contributed by atoms with Gasteiger partial charge in [-0.1, -0.05) is 6.07 Å². The number of anilines is 3. The van der Waals surface area contributed by atoms with E-state index >= 15 is 0 Å². The summed E-state index contributed by atoms with van der Waals surface area (Å²) in [6.45, 7) is 3.89. The first-order chi connectivity index (χ1) is 13.6. The van der Waals surface area contributed by atoms with Crippen molar-refractivity contribution in [1.82, 2.24) is 15.3 Å². The molecule has 11 heteroatoms. The van der Waals surface area contributed by atoms with Crippen LogP contribution in [0.5, 0.6) is 0 Å². The topological polar surface area (TPSA) is 104 Å². The fourth-order valence-corrected chi connectivity index (χ4v) is 2.98. The van der Waals surface area contributed by atoms with Gasteiger partial charge in [-0.15, -0.1) is 0 Å². The third-order valence-corrected chi connectivity index (χ3v) is 4.40. The van der Waals surface area contributed by atoms with Crippen molar-refractivity contribution >= 4 is 29.4 Å². The Morgan fingerprint density at radius 2 is 2.14 bits per heavy atom. The van der Waals surface area contributed by atoms with E-state index in [1.807, 2.05) is 6.92 Å². The maximum Gasteiger partial charge on any atom is 0.416 e. The second-order valence-corrected chi connectivity index (χ2v) is 6.53. The molecule has 1 aliphatic heterocycles. The SMILES string of the molecule is CCN(C(=O)c1cnc(N2CC(C)NC2=O)nc1N)c1cccc(C(F)(F)F)c1. The van der Waals surface area contributed by atoms with E-state index in [4.69, 9.17) is 5.73 Å². The summed E-state index contributed by atoms with van der Waals surface area (Å²) < 4.78 is 39.0. The summed E-state index contributed by atoms with van der Waals surface area (Å²) >= 11 is 0. The molecule has 3 N–H and O–H groups in total. The molecule has 0 radical (unpaired) electrons. The number of rotatable bonds is 4. The van der Waals surface area contributed by atoms with E-state index < -0.39 is 17.6 Å². The molecular formula is C18H19F3N6O2. The standard InChI is InChI=1S/C18H19F3N6O2/c1-3-26(12-6-4-5-11(7-12)18(19,20)21)15(28)13-8-23-16(25-14(13)22)27-9-10(2)24-17(27)29/h4-8,10H,3,9H2,1-2H3,(H,24,29)(H2,22,23,25). The molecule has 1 saturated heterocycles. The van der Waals surface area contributed by atoms with Crippen LogP contribution >= 0.6 is 0 Å². The number of nitrogens with zero attached hydrogens (tertiary/aromatic N) is 4. The molecule has 0 spiro atoms. The third-order valence-electron chi connectivity index (χ3n) is 4.40. The zero-order chi connectivity index (χ0) is 21.3. The first-order valence-electron chi connectivity index (χ1n) is 8.81. The number of urea groups is 1. The van der Waals surface area contributed by atoms with Gasteiger partial charge in [0.1, 0.15) is 11.4 Å². The van der Waals surface area contributed by atoms with E-state index in [0.717, 1.165) is 17.0 Å². The highest BCUT2D eigenvalue weighted by Crippen LogP contribution is 2.32. The van der Waals surface area contributed by atoms with Crippen LogP contribution in [0.2, 0.25) is 0 Å². The molecule has 29 heavy (non-hydrogen) atoms. The van der Waals surface area contributed by atoms with Crippen molar-refractivity contribution in [3.05, 3.63) is 41.6 Å². The molecular weight excluding hydrogens is 389 g/mol. The molecule has 1 aliphatic rings. The third kappa shape index (κ3) is 4.08. The van der Waals surface area contributed by atoms with Gasteiger partial charge < -0.3 is 16.0 Å². The second-order valence-electron chi connectivity index (χ2n) is 6.53. The Balaban J connectivity index is 1.90. The minimum absolute atomic E-state index is 0.0445. The average molecular weight is 408 g/mol. The quantitative estimate of drug-likeness (QED) is 0.809. The lowest BCUT2D eigenvalue weighted by Crippen LogP contribution is -2.33. The van der Waals surface area contributed by atoms with Crippen molar-refractivity contribution in [1.29, 1.82) is 0 Å². The molecule has 1 aromatic heterocycles. The Kier molecular flexibility index (Phi) is 5.31. The Morgan fingerprint density at radius 3 is 2.69 bits per heavy atom. The number of nitrogen functional groups attached to an aromatic ring is 1. The number of aromatic nitrogens is 2. The van der Waals surface area contributed by atoms with E-state index in [1.165, 1.54) is 23.2 Å². The summed E-state index contributed by atoms with van der Waals surface area (Å²) in [6.07, 6.45) is -3.36. The van der Waals surface area contributed by atoms with Crippen LogP contribution in [0.4, 0.5) is 35.4 Å². The van der Waals surface area contributed by atoms with Crippen LogP contribution in [0.15, 0.2) is 30.5 Å². The van der Waals surface area contributed by atoms with Crippen molar-refractivity contribution in [3.8, 4) is 0 Å². The summed E-state index contributed by atoms with van der Waals surface area (Å²) in [5.41, 5.74) is 5.04. The normalized spacial score (nSPS) is 16.7. The number of amides is 3. The maximum absolute atomic E-state index is 13.0. The number of carbonyl (C=O) groups is 2. The van der Waals surface area contributed by atoms with Gasteiger partial charge in [0.25, 0.3) is 5.91 Å². The van der Waals surface area contributed by atoms with Crippen LogP contribution in [-0.4, -0.2) is 41.0 Å². The number of hydrogen-bond acceptors (Lipinski definition) is 5. The van der Waals surface area contributed by atoms with Gasteiger partial charge in [0.2, 0.25) is 5.95 Å². The highest BCUT2D eigenvalue weighted by atomic mass is 19.4. The fraction of sp³-hybridized carbons (Fsp3) is 0.333. The van der Waals surface area contributed by atoms with E-state index in [0.29, 0.717) is 6.54 Å². The van der Waals surface area contributed by atoms with Crippen molar-refractivity contribution < 1.29 is 22.8 Å². The monoisotopic (exact) mass is 408 g/mol. The molecule has 3 rings (SSSR count). The molecule has 1 aromatic carbocycles. The first kappa shape index (κ1) is 20.4. The van der Waals surface area contributed by atoms with Crippen LogP contribution in [0, 0.1) is 0 Å². The Bertz CT molecular complexity index is 949. The molecule has 1 unspecified atom stereocenters. The van der Waals surface area contributed by atoms with Gasteiger partial charge >= 0.3 is 12.2 Å². The summed E-state index contributed by atoms with van der Waals surface area (Å²) in [7, 11) is 0. The Morgan fingerprint density at radius 1 is 1.41 bits per heavy atom. The fourth-order valence-electron chi connectivity index (χ4n) is 2.98. The summed E-state index contributed by atoms with van der Waals surface area (Å²) in [5, 5.41) is 2.69. The van der Waals surface area contributed by atoms with Gasteiger partial charge in [-0.3, -0.25) is 9.69 Å². The number of benzene rings is 1. The van der Waals surface area contributed by atoms with Gasteiger partial charge in [-0.05, 0) is 32.0 Å². The molecule has 1 fully saturated rings.